The standard InChI is InChI=1S/C17H22F3NO5S/c18-17(19,20)27(24,25)26-21-15(22)13(11-7-3-1-4-8-11)14(16(21)23)12-9-5-2-6-10-12/h11-12H,1-10H2. The van der Waals surface area contributed by atoms with Crippen LogP contribution in [0, 0.1) is 11.8 Å². The Hall–Kier alpha value is -1.42. The molecule has 0 bridgehead atoms. The predicted octanol–water partition coefficient (Wildman–Crippen LogP) is 3.59. The monoisotopic (exact) mass is 409 g/mol. The van der Waals surface area contributed by atoms with Gasteiger partial charge in [-0.1, -0.05) is 38.5 Å². The van der Waals surface area contributed by atoms with Crippen molar-refractivity contribution in [1.82, 2.24) is 5.06 Å². The van der Waals surface area contributed by atoms with E-state index in [1.807, 2.05) is 0 Å². The number of carbonyl (C=O) groups excluding carboxylic acids is 2. The molecular weight excluding hydrogens is 387 g/mol. The van der Waals surface area contributed by atoms with Crippen molar-refractivity contribution < 1.29 is 35.5 Å². The number of rotatable bonds is 4. The fraction of sp³-hybridized carbons (Fsp3) is 0.765. The van der Waals surface area contributed by atoms with Crippen LogP contribution in [-0.4, -0.2) is 30.8 Å². The second-order valence-corrected chi connectivity index (χ2v) is 8.90. The molecule has 0 aromatic heterocycles. The summed E-state index contributed by atoms with van der Waals surface area (Å²) in [6.45, 7) is 0. The molecule has 10 heteroatoms. The van der Waals surface area contributed by atoms with E-state index >= 15 is 0 Å². The molecule has 2 aliphatic carbocycles. The van der Waals surface area contributed by atoms with Gasteiger partial charge in [-0.2, -0.15) is 21.6 Å². The fourth-order valence-electron chi connectivity index (χ4n) is 4.32. The van der Waals surface area contributed by atoms with Gasteiger partial charge in [-0.05, 0) is 37.5 Å². The molecule has 27 heavy (non-hydrogen) atoms. The number of hydrogen-bond acceptors (Lipinski definition) is 5. The van der Waals surface area contributed by atoms with Crippen LogP contribution in [0.2, 0.25) is 0 Å². The van der Waals surface area contributed by atoms with Crippen molar-refractivity contribution in [2.24, 2.45) is 11.8 Å². The van der Waals surface area contributed by atoms with Crippen LogP contribution < -0.4 is 0 Å². The van der Waals surface area contributed by atoms with Gasteiger partial charge in [-0.3, -0.25) is 9.59 Å². The Morgan fingerprint density at radius 2 is 1.15 bits per heavy atom. The van der Waals surface area contributed by atoms with Gasteiger partial charge < -0.3 is 0 Å². The van der Waals surface area contributed by atoms with Gasteiger partial charge >= 0.3 is 15.6 Å². The zero-order valence-corrected chi connectivity index (χ0v) is 15.6. The quantitative estimate of drug-likeness (QED) is 0.524. The van der Waals surface area contributed by atoms with Crippen LogP contribution in [0.4, 0.5) is 13.2 Å². The molecule has 0 unspecified atom stereocenters. The summed E-state index contributed by atoms with van der Waals surface area (Å²) < 4.78 is 64.7. The van der Waals surface area contributed by atoms with Crippen LogP contribution >= 0.6 is 0 Å². The summed E-state index contributed by atoms with van der Waals surface area (Å²) in [6, 6.07) is 0. The topological polar surface area (TPSA) is 80.8 Å². The molecular formula is C17H22F3NO5S. The number of alkyl halides is 3. The van der Waals surface area contributed by atoms with E-state index < -0.39 is 27.4 Å². The summed E-state index contributed by atoms with van der Waals surface area (Å²) in [5, 5.41) is -0.184. The van der Waals surface area contributed by atoms with E-state index in [9.17, 15) is 31.2 Å². The third-order valence-corrected chi connectivity index (χ3v) is 6.52. The molecule has 2 amide bonds. The van der Waals surface area contributed by atoms with E-state index in [2.05, 4.69) is 4.28 Å². The first kappa shape index (κ1) is 20.3. The highest BCUT2D eigenvalue weighted by Crippen LogP contribution is 2.43. The lowest BCUT2D eigenvalue weighted by molar-refractivity contribution is -0.166. The molecule has 0 aromatic rings. The van der Waals surface area contributed by atoms with Gasteiger partial charge in [0.05, 0.1) is 0 Å². The van der Waals surface area contributed by atoms with Gasteiger partial charge in [-0.25, -0.2) is 0 Å². The molecule has 6 nitrogen and oxygen atoms in total. The summed E-state index contributed by atoms with van der Waals surface area (Å²) in [4.78, 5) is 25.5. The molecule has 0 radical (unpaired) electrons. The van der Waals surface area contributed by atoms with Crippen LogP contribution in [0.3, 0.4) is 0 Å². The minimum Gasteiger partial charge on any atom is -0.267 e. The van der Waals surface area contributed by atoms with Gasteiger partial charge in [0, 0.05) is 11.1 Å². The van der Waals surface area contributed by atoms with E-state index in [-0.39, 0.29) is 28.0 Å². The molecule has 0 N–H and O–H groups in total. The maximum atomic E-state index is 12.8. The van der Waals surface area contributed by atoms with Crippen LogP contribution in [0.5, 0.6) is 0 Å². The van der Waals surface area contributed by atoms with Crippen molar-refractivity contribution in [3.63, 3.8) is 0 Å². The van der Waals surface area contributed by atoms with Crippen molar-refractivity contribution in [2.45, 2.75) is 69.7 Å². The van der Waals surface area contributed by atoms with Crippen LogP contribution in [-0.2, 0) is 24.0 Å². The number of imide groups is 1. The van der Waals surface area contributed by atoms with E-state index in [0.29, 0.717) is 25.7 Å². The van der Waals surface area contributed by atoms with E-state index in [1.165, 1.54) is 0 Å². The fourth-order valence-corrected chi connectivity index (χ4v) is 4.74. The van der Waals surface area contributed by atoms with E-state index in [1.54, 1.807) is 0 Å². The Balaban J connectivity index is 1.95. The van der Waals surface area contributed by atoms with Gasteiger partial charge in [-0.15, -0.1) is 9.35 Å². The maximum absolute atomic E-state index is 12.8. The Bertz CT molecular complexity index is 707. The number of amides is 2. The Labute approximate surface area is 155 Å². The van der Waals surface area contributed by atoms with Crippen molar-refractivity contribution in [2.75, 3.05) is 0 Å². The Morgan fingerprint density at radius 3 is 1.48 bits per heavy atom. The number of halogens is 3. The molecule has 0 saturated heterocycles. The molecule has 3 rings (SSSR count). The first-order valence-electron chi connectivity index (χ1n) is 9.27. The molecule has 2 saturated carbocycles. The Kier molecular flexibility index (Phi) is 5.67. The zero-order chi connectivity index (χ0) is 19.8. The highest BCUT2D eigenvalue weighted by Gasteiger charge is 2.54. The van der Waals surface area contributed by atoms with Gasteiger partial charge in [0.2, 0.25) is 0 Å². The van der Waals surface area contributed by atoms with Crippen LogP contribution in [0.25, 0.3) is 0 Å². The van der Waals surface area contributed by atoms with Crippen molar-refractivity contribution in [1.29, 1.82) is 0 Å². The summed E-state index contributed by atoms with van der Waals surface area (Å²) in [5.41, 5.74) is -5.38. The van der Waals surface area contributed by atoms with E-state index in [0.717, 1.165) is 38.5 Å². The largest absolute Gasteiger partial charge is 0.525 e. The summed E-state index contributed by atoms with van der Waals surface area (Å²) in [6.07, 6.45) is 8.04. The van der Waals surface area contributed by atoms with Crippen molar-refractivity contribution in [3.8, 4) is 0 Å². The van der Waals surface area contributed by atoms with Gasteiger partial charge in [0.1, 0.15) is 0 Å². The maximum Gasteiger partial charge on any atom is 0.525 e. The predicted molar refractivity (Wildman–Crippen MR) is 88.1 cm³/mol. The lowest BCUT2D eigenvalue weighted by Gasteiger charge is -2.26. The SMILES string of the molecule is O=C1C(C2CCCCC2)=C(C2CCCCC2)C(=O)N1OS(=O)(=O)C(F)(F)F. The lowest BCUT2D eigenvalue weighted by atomic mass is 9.76. The lowest BCUT2D eigenvalue weighted by Crippen LogP contribution is -2.39. The highest BCUT2D eigenvalue weighted by atomic mass is 32.2. The zero-order valence-electron chi connectivity index (χ0n) is 14.8. The molecule has 3 aliphatic rings. The second kappa shape index (κ2) is 7.54. The first-order chi connectivity index (χ1) is 12.6. The molecule has 0 aromatic carbocycles. The van der Waals surface area contributed by atoms with Crippen molar-refractivity contribution in [3.05, 3.63) is 11.1 Å². The third-order valence-electron chi connectivity index (χ3n) is 5.60. The molecule has 0 atom stereocenters. The van der Waals surface area contributed by atoms with Crippen LogP contribution in [0.1, 0.15) is 64.2 Å². The minimum atomic E-state index is -6.10. The van der Waals surface area contributed by atoms with Crippen molar-refractivity contribution >= 4 is 21.9 Å². The molecule has 2 fully saturated rings. The number of hydroxylamine groups is 2. The van der Waals surface area contributed by atoms with Gasteiger partial charge in [0.15, 0.2) is 0 Å². The second-order valence-electron chi connectivity index (χ2n) is 7.38. The summed E-state index contributed by atoms with van der Waals surface area (Å²) in [7, 11) is -6.10. The average Bonchev–Trinajstić information content (AvgIpc) is 2.86. The minimum absolute atomic E-state index is 0.170. The van der Waals surface area contributed by atoms with E-state index in [4.69, 9.17) is 0 Å². The first-order valence-corrected chi connectivity index (χ1v) is 10.7. The third kappa shape index (κ3) is 3.91. The smallest absolute Gasteiger partial charge is 0.267 e. The number of hydrogen-bond donors (Lipinski definition) is 0. The average molecular weight is 409 g/mol. The highest BCUT2D eigenvalue weighted by molar-refractivity contribution is 7.87. The van der Waals surface area contributed by atoms with Crippen LogP contribution in [0.15, 0.2) is 11.1 Å². The Morgan fingerprint density at radius 1 is 0.778 bits per heavy atom. The molecule has 152 valence electrons. The molecule has 1 aliphatic heterocycles. The van der Waals surface area contributed by atoms with Gasteiger partial charge in [0.25, 0.3) is 11.8 Å². The summed E-state index contributed by atoms with van der Waals surface area (Å²) in [5.74, 6) is -2.59. The molecule has 0 spiro atoms. The molecule has 1 heterocycles. The number of carbonyl (C=O) groups is 2. The normalized spacial score (nSPS) is 24.2. The summed E-state index contributed by atoms with van der Waals surface area (Å²) >= 11 is 0. The number of nitrogens with zero attached hydrogens (tertiary/aromatic N) is 1.